The van der Waals surface area contributed by atoms with Crippen LogP contribution in [-0.2, 0) is 16.1 Å². The van der Waals surface area contributed by atoms with E-state index in [1.807, 2.05) is 40.9 Å². The van der Waals surface area contributed by atoms with Gasteiger partial charge in [-0.15, -0.1) is 10.2 Å². The Morgan fingerprint density at radius 1 is 1.25 bits per heavy atom. The van der Waals surface area contributed by atoms with E-state index in [1.54, 1.807) is 24.3 Å². The Morgan fingerprint density at radius 3 is 2.91 bits per heavy atom. The number of hydrogen-bond acceptors (Lipinski definition) is 6. The van der Waals surface area contributed by atoms with Crippen LogP contribution in [0.2, 0.25) is 0 Å². The number of hydrogen-bond donors (Lipinski definition) is 1. The van der Waals surface area contributed by atoms with Gasteiger partial charge in [0.05, 0.1) is 0 Å². The average molecular weight is 436 g/mol. The molecule has 0 saturated carbocycles. The molecule has 1 unspecified atom stereocenters. The summed E-state index contributed by atoms with van der Waals surface area (Å²) in [5, 5.41) is 11.2. The highest BCUT2D eigenvalue weighted by atomic mass is 16.2. The maximum absolute atomic E-state index is 12.5. The minimum absolute atomic E-state index is 0.0280. The number of fused-ring (bicyclic) bond motifs is 1. The average Bonchev–Trinajstić information content (AvgIpc) is 3.30. The van der Waals surface area contributed by atoms with Crippen LogP contribution in [0.1, 0.15) is 31.7 Å². The molecule has 1 N–H and O–H groups in total. The molecule has 2 aromatic heterocycles. The number of nitrogens with one attached hydrogen (secondary N) is 1. The van der Waals surface area contributed by atoms with Gasteiger partial charge in [0.15, 0.2) is 5.82 Å². The summed E-state index contributed by atoms with van der Waals surface area (Å²) in [6.45, 7) is 4.81. The van der Waals surface area contributed by atoms with E-state index in [4.69, 9.17) is 0 Å². The van der Waals surface area contributed by atoms with E-state index in [0.29, 0.717) is 32.0 Å². The normalized spacial score (nSPS) is 16.2. The van der Waals surface area contributed by atoms with Crippen molar-refractivity contribution >= 4 is 23.3 Å². The maximum Gasteiger partial charge on any atom is 0.221 e. The van der Waals surface area contributed by atoms with E-state index in [9.17, 15) is 9.59 Å². The van der Waals surface area contributed by atoms with E-state index < -0.39 is 0 Å². The maximum atomic E-state index is 12.5. The smallest absolute Gasteiger partial charge is 0.221 e. The molecule has 1 fully saturated rings. The van der Waals surface area contributed by atoms with Crippen LogP contribution in [0.5, 0.6) is 0 Å². The van der Waals surface area contributed by atoms with Crippen molar-refractivity contribution in [3.8, 4) is 0 Å². The number of amides is 2. The van der Waals surface area contributed by atoms with Gasteiger partial charge < -0.3 is 15.1 Å². The molecular weight excluding hydrogens is 406 g/mol. The monoisotopic (exact) mass is 435 g/mol. The highest BCUT2D eigenvalue weighted by Gasteiger charge is 2.23. The fraction of sp³-hybridized carbons (Fsp3) is 0.435. The lowest BCUT2D eigenvalue weighted by molar-refractivity contribution is -0.130. The summed E-state index contributed by atoms with van der Waals surface area (Å²) in [6, 6.07) is 9.82. The van der Waals surface area contributed by atoms with Crippen LogP contribution < -0.4 is 10.2 Å². The molecule has 168 valence electrons. The van der Waals surface area contributed by atoms with Crippen molar-refractivity contribution in [2.75, 3.05) is 31.1 Å². The van der Waals surface area contributed by atoms with Crippen molar-refractivity contribution in [2.24, 2.45) is 5.92 Å². The summed E-state index contributed by atoms with van der Waals surface area (Å²) in [6.07, 6.45) is 7.65. The van der Waals surface area contributed by atoms with Gasteiger partial charge in [-0.3, -0.25) is 14.0 Å². The van der Waals surface area contributed by atoms with Crippen LogP contribution in [0.3, 0.4) is 0 Å². The number of piperidine rings is 1. The van der Waals surface area contributed by atoms with Gasteiger partial charge in [-0.2, -0.15) is 0 Å². The third-order valence-electron chi connectivity index (χ3n) is 5.87. The van der Waals surface area contributed by atoms with E-state index >= 15 is 0 Å². The summed E-state index contributed by atoms with van der Waals surface area (Å²) < 4.78 is 1.87. The van der Waals surface area contributed by atoms with Gasteiger partial charge in [0.2, 0.25) is 17.5 Å². The first-order valence-electron chi connectivity index (χ1n) is 11.1. The molecule has 9 heteroatoms. The molecule has 4 rings (SSSR count). The molecule has 9 nitrogen and oxygen atoms in total. The topological polar surface area (TPSA) is 95.7 Å². The molecule has 0 aliphatic carbocycles. The second-order valence-electron chi connectivity index (χ2n) is 8.25. The lowest BCUT2D eigenvalue weighted by Gasteiger charge is -2.33. The number of benzene rings is 1. The zero-order chi connectivity index (χ0) is 22.3. The first-order chi connectivity index (χ1) is 15.6. The molecular formula is C23H29N7O2. The van der Waals surface area contributed by atoms with Gasteiger partial charge in [0.1, 0.15) is 6.33 Å². The second kappa shape index (κ2) is 10.2. The minimum Gasteiger partial charge on any atom is -0.356 e. The highest BCUT2D eigenvalue weighted by Crippen LogP contribution is 2.23. The van der Waals surface area contributed by atoms with Gasteiger partial charge in [-0.25, -0.2) is 4.98 Å². The lowest BCUT2D eigenvalue weighted by atomic mass is 9.98. The second-order valence-corrected chi connectivity index (χ2v) is 8.25. The van der Waals surface area contributed by atoms with Crippen molar-refractivity contribution in [2.45, 2.75) is 32.7 Å². The number of anilines is 1. The Bertz CT molecular complexity index is 1050. The number of aromatic nitrogens is 4. The molecule has 3 aromatic rings. The molecule has 1 aliphatic rings. The molecule has 3 heterocycles. The number of rotatable bonds is 8. The third-order valence-corrected chi connectivity index (χ3v) is 5.87. The van der Waals surface area contributed by atoms with Crippen molar-refractivity contribution < 1.29 is 9.59 Å². The standard InChI is InChI=1S/C23H29N7O2/c1-18(31)28(15-19-6-3-2-4-7-19)12-9-21(32)25-14-20-8-5-11-29(16-20)22-23-27-26-17-30(23)13-10-24-22/h2-4,6-7,10,13,17,20H,5,8-9,11-12,14-16H2,1H3,(H,25,32). The van der Waals surface area contributed by atoms with E-state index in [2.05, 4.69) is 25.4 Å². The fourth-order valence-corrected chi connectivity index (χ4v) is 4.13. The summed E-state index contributed by atoms with van der Waals surface area (Å²) >= 11 is 0. The molecule has 2 amide bonds. The van der Waals surface area contributed by atoms with Gasteiger partial charge in [0, 0.05) is 58.5 Å². The van der Waals surface area contributed by atoms with Crippen molar-refractivity contribution in [1.29, 1.82) is 0 Å². The van der Waals surface area contributed by atoms with Gasteiger partial charge >= 0.3 is 0 Å². The van der Waals surface area contributed by atoms with E-state index in [1.165, 1.54) is 0 Å². The Morgan fingerprint density at radius 2 is 2.09 bits per heavy atom. The molecule has 32 heavy (non-hydrogen) atoms. The minimum atomic E-state index is -0.0286. The van der Waals surface area contributed by atoms with Crippen LogP contribution >= 0.6 is 0 Å². The Hall–Kier alpha value is -3.49. The van der Waals surface area contributed by atoms with Crippen molar-refractivity contribution in [3.63, 3.8) is 0 Å². The fourth-order valence-electron chi connectivity index (χ4n) is 4.13. The zero-order valence-corrected chi connectivity index (χ0v) is 18.4. The molecule has 0 spiro atoms. The van der Waals surface area contributed by atoms with Crippen LogP contribution in [0, 0.1) is 5.92 Å². The van der Waals surface area contributed by atoms with Crippen LogP contribution in [-0.4, -0.2) is 62.5 Å². The Labute approximate surface area is 187 Å². The van der Waals surface area contributed by atoms with Gasteiger partial charge in [0.25, 0.3) is 0 Å². The molecule has 0 radical (unpaired) electrons. The molecule has 0 bridgehead atoms. The summed E-state index contributed by atoms with van der Waals surface area (Å²) in [7, 11) is 0. The first-order valence-corrected chi connectivity index (χ1v) is 11.1. The predicted molar refractivity (Wildman–Crippen MR) is 121 cm³/mol. The van der Waals surface area contributed by atoms with Crippen LogP contribution in [0.25, 0.3) is 5.65 Å². The number of nitrogens with zero attached hydrogens (tertiary/aromatic N) is 6. The number of carbonyl (C=O) groups is 2. The summed E-state index contributed by atoms with van der Waals surface area (Å²) in [4.78, 5) is 32.9. The van der Waals surface area contributed by atoms with Crippen LogP contribution in [0.4, 0.5) is 5.82 Å². The quantitative estimate of drug-likeness (QED) is 0.581. The van der Waals surface area contributed by atoms with E-state index in [0.717, 1.165) is 43.0 Å². The van der Waals surface area contributed by atoms with Crippen molar-refractivity contribution in [3.05, 3.63) is 54.6 Å². The SMILES string of the molecule is CC(=O)N(CCC(=O)NCC1CCCN(c2nccn3cnnc23)C1)Cc1ccccc1. The predicted octanol–water partition coefficient (Wildman–Crippen LogP) is 1.90. The summed E-state index contributed by atoms with van der Waals surface area (Å²) in [5.74, 6) is 1.11. The molecule has 1 atom stereocenters. The molecule has 1 aromatic carbocycles. The highest BCUT2D eigenvalue weighted by molar-refractivity contribution is 5.78. The third kappa shape index (κ3) is 5.40. The Balaban J connectivity index is 1.26. The molecule has 1 saturated heterocycles. The van der Waals surface area contributed by atoms with Crippen molar-refractivity contribution in [1.82, 2.24) is 29.8 Å². The zero-order valence-electron chi connectivity index (χ0n) is 18.4. The molecule has 1 aliphatic heterocycles. The Kier molecular flexibility index (Phi) is 6.94. The lowest BCUT2D eigenvalue weighted by Crippen LogP contribution is -2.42. The van der Waals surface area contributed by atoms with Gasteiger partial charge in [-0.1, -0.05) is 30.3 Å². The number of carbonyl (C=O) groups excluding carboxylic acids is 2. The van der Waals surface area contributed by atoms with Gasteiger partial charge in [-0.05, 0) is 24.3 Å². The summed E-state index contributed by atoms with van der Waals surface area (Å²) in [5.41, 5.74) is 1.81. The first kappa shape index (κ1) is 21.7. The van der Waals surface area contributed by atoms with Crippen LogP contribution in [0.15, 0.2) is 49.1 Å². The largest absolute Gasteiger partial charge is 0.356 e. The van der Waals surface area contributed by atoms with E-state index in [-0.39, 0.29) is 11.8 Å².